The third kappa shape index (κ3) is 4.69. The molecule has 1 amide bonds. The summed E-state index contributed by atoms with van der Waals surface area (Å²) >= 11 is 5.75. The fourth-order valence-electron chi connectivity index (χ4n) is 1.89. The number of nitrogens with zero attached hydrogens (tertiary/aromatic N) is 1. The Labute approximate surface area is 145 Å². The average molecular weight is 373 g/mol. The van der Waals surface area contributed by atoms with Crippen LogP contribution in [0.1, 0.15) is 22.8 Å². The highest BCUT2D eigenvalue weighted by atomic mass is 35.5. The summed E-state index contributed by atoms with van der Waals surface area (Å²) in [4.78, 5) is 27.7. The van der Waals surface area contributed by atoms with Crippen LogP contribution in [0.2, 0.25) is 5.15 Å². The Hall–Kier alpha value is -2.61. The van der Waals surface area contributed by atoms with Gasteiger partial charge in [0.05, 0.1) is 16.8 Å². The molecule has 0 saturated heterocycles. The van der Waals surface area contributed by atoms with E-state index in [-0.39, 0.29) is 10.7 Å². The standard InChI is InChI=1S/C16H12ClF3N2O3/c1-9(25-15(24)10-5-4-8-21-13(10)17)14(23)22-12-7-3-2-6-11(12)16(18,19)20/h2-9H,1H3,(H,22,23). The van der Waals surface area contributed by atoms with E-state index in [4.69, 9.17) is 16.3 Å². The van der Waals surface area contributed by atoms with Gasteiger partial charge in [0.2, 0.25) is 0 Å². The zero-order valence-corrected chi connectivity index (χ0v) is 13.6. The van der Waals surface area contributed by atoms with Crippen molar-refractivity contribution in [1.29, 1.82) is 0 Å². The van der Waals surface area contributed by atoms with Gasteiger partial charge in [-0.2, -0.15) is 13.2 Å². The van der Waals surface area contributed by atoms with Crippen molar-refractivity contribution >= 4 is 29.2 Å². The summed E-state index contributed by atoms with van der Waals surface area (Å²) in [6.45, 7) is 1.23. The second kappa shape index (κ2) is 7.52. The minimum atomic E-state index is -4.63. The Morgan fingerprint density at radius 1 is 1.20 bits per heavy atom. The predicted octanol–water partition coefficient (Wildman–Crippen LogP) is 3.94. The molecule has 132 valence electrons. The number of hydrogen-bond donors (Lipinski definition) is 1. The van der Waals surface area contributed by atoms with Crippen LogP contribution in [0.5, 0.6) is 0 Å². The van der Waals surface area contributed by atoms with Gasteiger partial charge in [-0.3, -0.25) is 4.79 Å². The fourth-order valence-corrected chi connectivity index (χ4v) is 2.09. The molecule has 1 unspecified atom stereocenters. The van der Waals surface area contributed by atoms with Gasteiger partial charge in [-0.05, 0) is 31.2 Å². The molecule has 0 aliphatic carbocycles. The predicted molar refractivity (Wildman–Crippen MR) is 84.2 cm³/mol. The lowest BCUT2D eigenvalue weighted by molar-refractivity contribution is -0.137. The molecule has 0 radical (unpaired) electrons. The van der Waals surface area contributed by atoms with Crippen molar-refractivity contribution in [2.24, 2.45) is 0 Å². The highest BCUT2D eigenvalue weighted by Gasteiger charge is 2.34. The normalized spacial score (nSPS) is 12.4. The van der Waals surface area contributed by atoms with E-state index in [2.05, 4.69) is 10.3 Å². The van der Waals surface area contributed by atoms with E-state index in [1.807, 2.05) is 0 Å². The van der Waals surface area contributed by atoms with Crippen LogP contribution in [-0.4, -0.2) is 23.0 Å². The monoisotopic (exact) mass is 372 g/mol. The molecular formula is C16H12ClF3N2O3. The van der Waals surface area contributed by atoms with E-state index in [0.717, 1.165) is 12.1 Å². The van der Waals surface area contributed by atoms with Gasteiger partial charge in [-0.25, -0.2) is 9.78 Å². The van der Waals surface area contributed by atoms with Crippen molar-refractivity contribution in [1.82, 2.24) is 4.98 Å². The first-order valence-corrected chi connectivity index (χ1v) is 7.36. The Kier molecular flexibility index (Phi) is 5.63. The van der Waals surface area contributed by atoms with Crippen LogP contribution < -0.4 is 5.32 Å². The molecule has 2 rings (SSSR count). The van der Waals surface area contributed by atoms with E-state index in [9.17, 15) is 22.8 Å². The number of benzene rings is 1. The summed E-state index contributed by atoms with van der Waals surface area (Å²) < 4.78 is 43.7. The number of hydrogen-bond acceptors (Lipinski definition) is 4. The first kappa shape index (κ1) is 18.7. The molecule has 2 aromatic rings. The number of anilines is 1. The third-order valence-corrected chi connectivity index (χ3v) is 3.42. The van der Waals surface area contributed by atoms with Crippen molar-refractivity contribution in [3.8, 4) is 0 Å². The van der Waals surface area contributed by atoms with Crippen LogP contribution in [0.25, 0.3) is 0 Å². The number of alkyl halides is 3. The van der Waals surface area contributed by atoms with Gasteiger partial charge in [0.25, 0.3) is 5.91 Å². The van der Waals surface area contributed by atoms with Gasteiger partial charge in [0.15, 0.2) is 6.10 Å². The molecule has 0 aliphatic rings. The number of nitrogens with one attached hydrogen (secondary N) is 1. The Bertz CT molecular complexity index is 796. The van der Waals surface area contributed by atoms with Crippen molar-refractivity contribution in [2.45, 2.75) is 19.2 Å². The maximum atomic E-state index is 12.9. The van der Waals surface area contributed by atoms with Gasteiger partial charge < -0.3 is 10.1 Å². The maximum absolute atomic E-state index is 12.9. The second-order valence-corrected chi connectivity index (χ2v) is 5.28. The van der Waals surface area contributed by atoms with Crippen molar-refractivity contribution in [2.75, 3.05) is 5.32 Å². The molecule has 1 atom stereocenters. The summed E-state index contributed by atoms with van der Waals surface area (Å²) in [5, 5.41) is 1.99. The number of halogens is 4. The van der Waals surface area contributed by atoms with Crippen molar-refractivity contribution < 1.29 is 27.5 Å². The van der Waals surface area contributed by atoms with E-state index in [0.29, 0.717) is 0 Å². The molecule has 0 bridgehead atoms. The van der Waals surface area contributed by atoms with Crippen LogP contribution in [0, 0.1) is 0 Å². The van der Waals surface area contributed by atoms with Crippen molar-refractivity contribution in [3.05, 3.63) is 58.9 Å². The zero-order valence-electron chi connectivity index (χ0n) is 12.8. The van der Waals surface area contributed by atoms with Crippen molar-refractivity contribution in [3.63, 3.8) is 0 Å². The van der Waals surface area contributed by atoms with Gasteiger partial charge in [-0.1, -0.05) is 23.7 Å². The summed E-state index contributed by atoms with van der Waals surface area (Å²) in [6.07, 6.45) is -4.61. The largest absolute Gasteiger partial charge is 0.449 e. The number of pyridine rings is 1. The lowest BCUT2D eigenvalue weighted by Crippen LogP contribution is -2.31. The smallest absolute Gasteiger partial charge is 0.418 e. The molecule has 5 nitrogen and oxygen atoms in total. The van der Waals surface area contributed by atoms with Crippen LogP contribution in [0.15, 0.2) is 42.6 Å². The average Bonchev–Trinajstić information content (AvgIpc) is 2.54. The molecule has 25 heavy (non-hydrogen) atoms. The van der Waals surface area contributed by atoms with E-state index < -0.39 is 35.4 Å². The second-order valence-electron chi connectivity index (χ2n) is 4.92. The Morgan fingerprint density at radius 3 is 2.52 bits per heavy atom. The molecule has 0 saturated carbocycles. The van der Waals surface area contributed by atoms with E-state index >= 15 is 0 Å². The number of amides is 1. The molecule has 1 aromatic carbocycles. The van der Waals surface area contributed by atoms with Gasteiger partial charge >= 0.3 is 12.1 Å². The number of aromatic nitrogens is 1. The molecule has 0 aliphatic heterocycles. The van der Waals surface area contributed by atoms with Gasteiger partial charge in [0, 0.05) is 6.20 Å². The Morgan fingerprint density at radius 2 is 1.88 bits per heavy atom. The number of carbonyl (C=O) groups is 2. The summed E-state index contributed by atoms with van der Waals surface area (Å²) in [7, 11) is 0. The van der Waals surface area contributed by atoms with Crippen LogP contribution in [0.4, 0.5) is 18.9 Å². The van der Waals surface area contributed by atoms with Gasteiger partial charge in [0.1, 0.15) is 5.15 Å². The highest BCUT2D eigenvalue weighted by molar-refractivity contribution is 6.32. The molecule has 0 fully saturated rings. The topological polar surface area (TPSA) is 68.3 Å². The minimum Gasteiger partial charge on any atom is -0.449 e. The number of para-hydroxylation sites is 1. The quantitative estimate of drug-likeness (QED) is 0.652. The fraction of sp³-hybridized carbons (Fsp3) is 0.188. The lowest BCUT2D eigenvalue weighted by atomic mass is 10.1. The van der Waals surface area contributed by atoms with Crippen LogP contribution >= 0.6 is 11.6 Å². The van der Waals surface area contributed by atoms with E-state index in [1.54, 1.807) is 0 Å². The summed E-state index contributed by atoms with van der Waals surface area (Å²) in [6, 6.07) is 7.28. The number of esters is 1. The third-order valence-electron chi connectivity index (χ3n) is 3.12. The zero-order chi connectivity index (χ0) is 18.6. The summed E-state index contributed by atoms with van der Waals surface area (Å²) in [5.41, 5.74) is -1.49. The number of carbonyl (C=O) groups excluding carboxylic acids is 2. The number of rotatable bonds is 4. The molecule has 1 heterocycles. The van der Waals surface area contributed by atoms with Crippen LogP contribution in [-0.2, 0) is 15.7 Å². The minimum absolute atomic E-state index is 0.0560. The molecule has 1 N–H and O–H groups in total. The van der Waals surface area contributed by atoms with Crippen LogP contribution in [0.3, 0.4) is 0 Å². The SMILES string of the molecule is CC(OC(=O)c1cccnc1Cl)C(=O)Nc1ccccc1C(F)(F)F. The Balaban J connectivity index is 2.09. The highest BCUT2D eigenvalue weighted by Crippen LogP contribution is 2.34. The first-order valence-electron chi connectivity index (χ1n) is 6.98. The molecule has 1 aromatic heterocycles. The molecular weight excluding hydrogens is 361 g/mol. The first-order chi connectivity index (χ1) is 11.7. The lowest BCUT2D eigenvalue weighted by Gasteiger charge is -2.17. The molecule has 0 spiro atoms. The molecule has 9 heteroatoms. The maximum Gasteiger partial charge on any atom is 0.418 e. The van der Waals surface area contributed by atoms with Gasteiger partial charge in [-0.15, -0.1) is 0 Å². The summed E-state index contributed by atoms with van der Waals surface area (Å²) in [5.74, 6) is -1.82. The number of ether oxygens (including phenoxy) is 1. The van der Waals surface area contributed by atoms with E-state index in [1.165, 1.54) is 37.4 Å².